The van der Waals surface area contributed by atoms with Gasteiger partial charge in [-0.1, -0.05) is 17.7 Å². The van der Waals surface area contributed by atoms with Gasteiger partial charge in [0, 0.05) is 29.2 Å². The molecule has 1 fully saturated rings. The van der Waals surface area contributed by atoms with Crippen LogP contribution in [0.25, 0.3) is 0 Å². The number of benzene rings is 3. The normalized spacial score (nSPS) is 20.4. The zero-order valence-corrected chi connectivity index (χ0v) is 25.5. The van der Waals surface area contributed by atoms with Gasteiger partial charge >= 0.3 is 0 Å². The van der Waals surface area contributed by atoms with E-state index in [9.17, 15) is 8.42 Å². The highest BCUT2D eigenvalue weighted by molar-refractivity contribution is 7.93. The van der Waals surface area contributed by atoms with Crippen LogP contribution in [0.1, 0.15) is 41.5 Å². The minimum atomic E-state index is -4.39. The highest BCUT2D eigenvalue weighted by atomic mass is 35.5. The number of carbonyl (C=O) groups excluding carboxylic acids is 1. The first-order valence-corrected chi connectivity index (χ1v) is 15.6. The molecule has 1 saturated heterocycles. The summed E-state index contributed by atoms with van der Waals surface area (Å²) >= 11 is 6.61. The monoisotopic (exact) mass is 622 g/mol. The summed E-state index contributed by atoms with van der Waals surface area (Å²) in [6.45, 7) is 0.973. The van der Waals surface area contributed by atoms with E-state index in [-0.39, 0.29) is 10.6 Å². The Morgan fingerprint density at radius 2 is 1.86 bits per heavy atom. The Bertz CT molecular complexity index is 1760. The van der Waals surface area contributed by atoms with E-state index < -0.39 is 27.5 Å². The number of nitrogens with zero attached hydrogens (tertiary/aromatic N) is 3. The van der Waals surface area contributed by atoms with Gasteiger partial charge < -0.3 is 19.2 Å². The summed E-state index contributed by atoms with van der Waals surface area (Å²) in [7, 11) is 0.468. The van der Waals surface area contributed by atoms with E-state index in [0.717, 1.165) is 16.3 Å². The van der Waals surface area contributed by atoms with Gasteiger partial charge in [-0.3, -0.25) is 9.69 Å². The van der Waals surface area contributed by atoms with Gasteiger partial charge in [-0.05, 0) is 80.1 Å². The molecule has 2 atom stereocenters. The number of halogens is 1. The van der Waals surface area contributed by atoms with Crippen LogP contribution >= 0.6 is 11.6 Å². The summed E-state index contributed by atoms with van der Waals surface area (Å²) < 4.78 is 46.6. The van der Waals surface area contributed by atoms with E-state index in [4.69, 9.17) is 25.5 Å². The largest absolute Gasteiger partial charge is 0.497 e. The number of likely N-dealkylation sites (tertiary alicyclic amines) is 1. The number of amides is 1. The van der Waals surface area contributed by atoms with Crippen LogP contribution in [0.5, 0.6) is 11.5 Å². The highest BCUT2D eigenvalue weighted by Gasteiger charge is 2.62. The molecule has 0 saturated carbocycles. The van der Waals surface area contributed by atoms with Crippen LogP contribution in [0.4, 0.5) is 5.69 Å². The Morgan fingerprint density at radius 3 is 2.53 bits per heavy atom. The summed E-state index contributed by atoms with van der Waals surface area (Å²) in [5, 5.41) is 3.51. The average molecular weight is 623 g/mol. The quantitative estimate of drug-likeness (QED) is 0.279. The third-order valence-electron chi connectivity index (χ3n) is 8.11. The minimum Gasteiger partial charge on any atom is -0.497 e. The number of aromatic nitrogens is 1. The number of oxazole rings is 1. The van der Waals surface area contributed by atoms with Gasteiger partial charge in [-0.2, -0.15) is 0 Å². The second-order valence-electron chi connectivity index (χ2n) is 10.4. The summed E-state index contributed by atoms with van der Waals surface area (Å²) in [5.74, 6) is 0.694. The summed E-state index contributed by atoms with van der Waals surface area (Å²) in [6.07, 6.45) is 4.43. The molecule has 0 aliphatic carbocycles. The van der Waals surface area contributed by atoms with E-state index in [1.807, 2.05) is 24.1 Å². The second kappa shape index (κ2) is 11.3. The summed E-state index contributed by atoms with van der Waals surface area (Å²) in [5.41, 5.74) is 0.383. The number of ether oxygens (including phenoxy) is 2. The number of hydrogen-bond donors (Lipinski definition) is 1. The van der Waals surface area contributed by atoms with Crippen molar-refractivity contribution in [2.75, 3.05) is 32.1 Å². The Labute approximate surface area is 255 Å². The van der Waals surface area contributed by atoms with E-state index in [1.165, 1.54) is 32.6 Å². The molecule has 3 aromatic carbocycles. The standard InChI is InChI=1S/C31H31ClN4O6S/c1-33-19-20-6-13-28(41-3)25(17-20)31(35-15-4-5-27(35)29-34-14-16-42-29)24-18-21(32)7-12-26(24)36(30(31)37)43(38,39)23-10-8-22(40-2)9-11-23/h6-14,16-18,27,33H,4-5,15,19H2,1-3H3/t27-,31?/m0/s1. The minimum absolute atomic E-state index is 0.0556. The SMILES string of the molecule is CNCc1ccc(OC)c(C2(N3CCC[C@H]3c3ncco3)C(=O)N(S(=O)(=O)c3ccc(OC)cc3)c3ccc(Cl)cc32)c1. The van der Waals surface area contributed by atoms with Gasteiger partial charge in [0.2, 0.25) is 5.89 Å². The van der Waals surface area contributed by atoms with Crippen LogP contribution in [0.3, 0.4) is 0 Å². The van der Waals surface area contributed by atoms with E-state index in [2.05, 4.69) is 10.3 Å². The van der Waals surface area contributed by atoms with Crippen LogP contribution in [-0.4, -0.2) is 52.0 Å². The maximum Gasteiger partial charge on any atom is 0.271 e. The van der Waals surface area contributed by atoms with Crippen molar-refractivity contribution in [3.63, 3.8) is 0 Å². The molecule has 4 aromatic rings. The van der Waals surface area contributed by atoms with Crippen molar-refractivity contribution in [2.45, 2.75) is 35.9 Å². The maximum atomic E-state index is 15.3. The lowest BCUT2D eigenvalue weighted by molar-refractivity contribution is -0.127. The molecule has 0 spiro atoms. The average Bonchev–Trinajstić information content (AvgIpc) is 3.76. The third-order valence-corrected chi connectivity index (χ3v) is 10.1. The topological polar surface area (TPSA) is 114 Å². The van der Waals surface area contributed by atoms with Crippen molar-refractivity contribution >= 4 is 33.2 Å². The van der Waals surface area contributed by atoms with Gasteiger partial charge in [0.25, 0.3) is 15.9 Å². The van der Waals surface area contributed by atoms with Crippen LogP contribution in [0.2, 0.25) is 5.02 Å². The Hall–Kier alpha value is -3.90. The van der Waals surface area contributed by atoms with Crippen molar-refractivity contribution < 1.29 is 27.1 Å². The van der Waals surface area contributed by atoms with E-state index in [0.29, 0.717) is 53.0 Å². The predicted octanol–water partition coefficient (Wildman–Crippen LogP) is 4.88. The molecule has 1 aromatic heterocycles. The van der Waals surface area contributed by atoms with Crippen LogP contribution in [-0.2, 0) is 26.9 Å². The van der Waals surface area contributed by atoms with Crippen molar-refractivity contribution in [3.05, 3.63) is 101 Å². The second-order valence-corrected chi connectivity index (χ2v) is 12.6. The zero-order chi connectivity index (χ0) is 30.4. The first kappa shape index (κ1) is 29.2. The number of methoxy groups -OCH3 is 2. The van der Waals surface area contributed by atoms with Crippen molar-refractivity contribution in [1.29, 1.82) is 0 Å². The molecule has 1 amide bonds. The molecule has 0 bridgehead atoms. The Morgan fingerprint density at radius 1 is 1.07 bits per heavy atom. The number of rotatable bonds is 9. The number of carbonyl (C=O) groups is 1. The lowest BCUT2D eigenvalue weighted by atomic mass is 9.80. The number of sulfonamides is 1. The van der Waals surface area contributed by atoms with Crippen LogP contribution in [0.15, 0.2) is 82.4 Å². The summed E-state index contributed by atoms with van der Waals surface area (Å²) in [6, 6.07) is 16.0. The smallest absolute Gasteiger partial charge is 0.271 e. The highest BCUT2D eigenvalue weighted by Crippen LogP contribution is 2.56. The van der Waals surface area contributed by atoms with Crippen molar-refractivity contribution in [1.82, 2.24) is 15.2 Å². The molecule has 224 valence electrons. The molecule has 2 aliphatic rings. The molecule has 3 heterocycles. The predicted molar refractivity (Wildman–Crippen MR) is 161 cm³/mol. The zero-order valence-electron chi connectivity index (χ0n) is 23.9. The third kappa shape index (κ3) is 4.58. The molecule has 0 radical (unpaired) electrons. The van der Waals surface area contributed by atoms with Crippen molar-refractivity contribution in [3.8, 4) is 11.5 Å². The molecule has 12 heteroatoms. The maximum absolute atomic E-state index is 15.3. The van der Waals surface area contributed by atoms with Gasteiger partial charge in [-0.15, -0.1) is 0 Å². The Kier molecular flexibility index (Phi) is 7.67. The first-order chi connectivity index (χ1) is 20.8. The molecule has 10 nitrogen and oxygen atoms in total. The fourth-order valence-corrected chi connectivity index (χ4v) is 7.94. The fraction of sp³-hybridized carbons (Fsp3) is 0.290. The fourth-order valence-electron chi connectivity index (χ4n) is 6.31. The lowest BCUT2D eigenvalue weighted by Crippen LogP contribution is -2.54. The molecule has 1 unspecified atom stereocenters. The molecule has 6 rings (SSSR count). The molecule has 43 heavy (non-hydrogen) atoms. The molecule has 2 aliphatic heterocycles. The van der Waals surface area contributed by atoms with Crippen LogP contribution in [0, 0.1) is 0 Å². The molecular formula is C31H31ClN4O6S. The molecular weight excluding hydrogens is 592 g/mol. The van der Waals surface area contributed by atoms with Gasteiger partial charge in [0.15, 0.2) is 5.54 Å². The number of nitrogens with one attached hydrogen (secondary N) is 1. The van der Waals surface area contributed by atoms with Crippen molar-refractivity contribution in [2.24, 2.45) is 0 Å². The number of fused-ring (bicyclic) bond motifs is 1. The van der Waals surface area contributed by atoms with Gasteiger partial charge in [0.1, 0.15) is 17.8 Å². The van der Waals surface area contributed by atoms with Gasteiger partial charge in [0.05, 0.1) is 37.0 Å². The summed E-state index contributed by atoms with van der Waals surface area (Å²) in [4.78, 5) is 21.7. The number of anilines is 1. The van der Waals surface area contributed by atoms with Gasteiger partial charge in [-0.25, -0.2) is 17.7 Å². The Balaban J connectivity index is 1.67. The first-order valence-electron chi connectivity index (χ1n) is 13.8. The number of hydrogen-bond acceptors (Lipinski definition) is 9. The van der Waals surface area contributed by atoms with E-state index >= 15 is 4.79 Å². The van der Waals surface area contributed by atoms with E-state index in [1.54, 1.807) is 42.6 Å². The molecule has 1 N–H and O–H groups in total. The van der Waals surface area contributed by atoms with Crippen LogP contribution < -0.4 is 19.1 Å². The lowest BCUT2D eigenvalue weighted by Gasteiger charge is -2.41.